The van der Waals surface area contributed by atoms with E-state index in [0.717, 1.165) is 24.5 Å². The van der Waals surface area contributed by atoms with Crippen molar-refractivity contribution in [3.8, 4) is 11.5 Å². The first-order valence-corrected chi connectivity index (χ1v) is 10.5. The van der Waals surface area contributed by atoms with Gasteiger partial charge >= 0.3 is 5.97 Å². The molecule has 0 bridgehead atoms. The second-order valence-electron chi connectivity index (χ2n) is 7.87. The Morgan fingerprint density at radius 2 is 1.52 bits per heavy atom. The highest BCUT2D eigenvalue weighted by Crippen LogP contribution is 2.20. The highest BCUT2D eigenvalue weighted by molar-refractivity contribution is 5.91. The number of ether oxygens (including phenoxy) is 3. The largest absolute Gasteiger partial charge is 0.497 e. The molecule has 7 heteroatoms. The Balaban J connectivity index is 1.43. The summed E-state index contributed by atoms with van der Waals surface area (Å²) in [6.45, 7) is 7.13. The van der Waals surface area contributed by atoms with Crippen LogP contribution in [0.4, 0.5) is 5.69 Å². The molecule has 1 heterocycles. The van der Waals surface area contributed by atoms with E-state index in [9.17, 15) is 9.59 Å². The van der Waals surface area contributed by atoms with Crippen molar-refractivity contribution in [2.75, 3.05) is 51.4 Å². The van der Waals surface area contributed by atoms with Crippen molar-refractivity contribution < 1.29 is 23.8 Å². The van der Waals surface area contributed by atoms with Gasteiger partial charge in [0.1, 0.15) is 11.5 Å². The molecule has 0 N–H and O–H groups in total. The minimum absolute atomic E-state index is 0.181. The van der Waals surface area contributed by atoms with E-state index in [4.69, 9.17) is 14.2 Å². The molecule has 0 spiro atoms. The molecule has 2 aromatic carbocycles. The van der Waals surface area contributed by atoms with E-state index in [2.05, 4.69) is 18.7 Å². The number of esters is 1. The number of hydrogen-bond acceptors (Lipinski definition) is 6. The molecule has 7 nitrogen and oxygen atoms in total. The number of rotatable bonds is 8. The molecule has 3 rings (SSSR count). The van der Waals surface area contributed by atoms with Crippen LogP contribution in [0.1, 0.15) is 24.2 Å². The molecule has 1 aliphatic rings. The first-order chi connectivity index (χ1) is 15.0. The minimum atomic E-state index is -0.513. The fourth-order valence-electron chi connectivity index (χ4n) is 3.26. The van der Waals surface area contributed by atoms with Gasteiger partial charge in [-0.3, -0.25) is 4.79 Å². The van der Waals surface area contributed by atoms with Crippen LogP contribution < -0.4 is 14.4 Å². The molecular weight excluding hydrogens is 396 g/mol. The van der Waals surface area contributed by atoms with E-state index in [1.54, 1.807) is 36.3 Å². The number of carbonyl (C=O) groups is 2. The molecule has 166 valence electrons. The van der Waals surface area contributed by atoms with Gasteiger partial charge in [0.2, 0.25) is 0 Å². The summed E-state index contributed by atoms with van der Waals surface area (Å²) in [4.78, 5) is 28.7. The van der Waals surface area contributed by atoms with Crippen molar-refractivity contribution in [1.29, 1.82) is 0 Å². The molecule has 0 radical (unpaired) electrons. The van der Waals surface area contributed by atoms with E-state index < -0.39 is 5.97 Å². The molecule has 1 saturated heterocycles. The van der Waals surface area contributed by atoms with Crippen LogP contribution in [0.2, 0.25) is 0 Å². The summed E-state index contributed by atoms with van der Waals surface area (Å²) in [5, 5.41) is 0. The maximum atomic E-state index is 12.5. The smallest absolute Gasteiger partial charge is 0.338 e. The molecule has 0 atom stereocenters. The van der Waals surface area contributed by atoms with Crippen LogP contribution in [0.5, 0.6) is 11.5 Å². The van der Waals surface area contributed by atoms with Crippen LogP contribution in [-0.4, -0.2) is 63.3 Å². The number of methoxy groups -OCH3 is 1. The molecule has 1 aliphatic heterocycles. The molecule has 0 unspecified atom stereocenters. The van der Waals surface area contributed by atoms with Gasteiger partial charge in [-0.2, -0.15) is 0 Å². The van der Waals surface area contributed by atoms with Crippen LogP contribution in [0, 0.1) is 5.92 Å². The summed E-state index contributed by atoms with van der Waals surface area (Å²) < 4.78 is 16.0. The summed E-state index contributed by atoms with van der Waals surface area (Å²) in [6, 6.07) is 14.6. The summed E-state index contributed by atoms with van der Waals surface area (Å²) in [5.74, 6) is 1.25. The molecule has 1 fully saturated rings. The van der Waals surface area contributed by atoms with E-state index in [-0.39, 0.29) is 12.5 Å². The zero-order chi connectivity index (χ0) is 22.2. The lowest BCUT2D eigenvalue weighted by Gasteiger charge is -2.36. The van der Waals surface area contributed by atoms with E-state index >= 15 is 0 Å². The summed E-state index contributed by atoms with van der Waals surface area (Å²) in [7, 11) is 1.64. The van der Waals surface area contributed by atoms with E-state index in [1.165, 1.54) is 0 Å². The Morgan fingerprint density at radius 1 is 0.903 bits per heavy atom. The fraction of sp³-hybridized carbons (Fsp3) is 0.417. The van der Waals surface area contributed by atoms with Crippen molar-refractivity contribution in [1.82, 2.24) is 4.90 Å². The van der Waals surface area contributed by atoms with Gasteiger partial charge in [0.05, 0.1) is 19.3 Å². The van der Waals surface area contributed by atoms with Crippen molar-refractivity contribution in [2.45, 2.75) is 13.8 Å². The number of amides is 1. The topological polar surface area (TPSA) is 68.3 Å². The van der Waals surface area contributed by atoms with Crippen molar-refractivity contribution >= 4 is 17.6 Å². The minimum Gasteiger partial charge on any atom is -0.497 e. The zero-order valence-electron chi connectivity index (χ0n) is 18.4. The third-order valence-corrected chi connectivity index (χ3v) is 5.07. The van der Waals surface area contributed by atoms with Crippen molar-refractivity contribution in [3.05, 3.63) is 54.1 Å². The van der Waals surface area contributed by atoms with E-state index in [1.807, 2.05) is 24.3 Å². The van der Waals surface area contributed by atoms with Gasteiger partial charge in [0.15, 0.2) is 6.61 Å². The van der Waals surface area contributed by atoms with Crippen molar-refractivity contribution in [3.63, 3.8) is 0 Å². The lowest BCUT2D eigenvalue weighted by Crippen LogP contribution is -2.49. The second kappa shape index (κ2) is 10.7. The monoisotopic (exact) mass is 426 g/mol. The third kappa shape index (κ3) is 6.38. The molecule has 1 amide bonds. The number of carbonyl (C=O) groups excluding carboxylic acids is 2. The second-order valence-corrected chi connectivity index (χ2v) is 7.87. The Kier molecular flexibility index (Phi) is 7.76. The van der Waals surface area contributed by atoms with Crippen LogP contribution in [0.3, 0.4) is 0 Å². The Morgan fingerprint density at radius 3 is 2.10 bits per heavy atom. The Bertz CT molecular complexity index is 857. The van der Waals surface area contributed by atoms with Crippen LogP contribution in [0.15, 0.2) is 48.5 Å². The Labute approximate surface area is 183 Å². The highest BCUT2D eigenvalue weighted by atomic mass is 16.5. The quantitative estimate of drug-likeness (QED) is 0.604. The first kappa shape index (κ1) is 22.5. The number of anilines is 1. The molecule has 31 heavy (non-hydrogen) atoms. The van der Waals surface area contributed by atoms with E-state index in [0.29, 0.717) is 36.9 Å². The summed E-state index contributed by atoms with van der Waals surface area (Å²) in [6.07, 6.45) is 0. The summed E-state index contributed by atoms with van der Waals surface area (Å²) >= 11 is 0. The van der Waals surface area contributed by atoms with Gasteiger partial charge in [0, 0.05) is 31.9 Å². The molecule has 0 saturated carbocycles. The first-order valence-electron chi connectivity index (χ1n) is 10.5. The zero-order valence-corrected chi connectivity index (χ0v) is 18.4. The average molecular weight is 427 g/mol. The standard InChI is InChI=1S/C24H30N2O5/c1-18(2)16-30-22-8-4-19(5-9-22)24(28)31-17-23(27)26-14-12-25(13-15-26)20-6-10-21(29-3)11-7-20/h4-11,18H,12-17H2,1-3H3. The fourth-order valence-corrected chi connectivity index (χ4v) is 3.26. The SMILES string of the molecule is COc1ccc(N2CCN(C(=O)COC(=O)c3ccc(OCC(C)C)cc3)CC2)cc1. The third-order valence-electron chi connectivity index (χ3n) is 5.07. The normalized spacial score (nSPS) is 13.8. The maximum Gasteiger partial charge on any atom is 0.338 e. The van der Waals surface area contributed by atoms with Crippen LogP contribution >= 0.6 is 0 Å². The van der Waals surface area contributed by atoms with Gasteiger partial charge < -0.3 is 24.0 Å². The molecule has 2 aromatic rings. The molecule has 0 aliphatic carbocycles. The summed E-state index contributed by atoms with van der Waals surface area (Å²) in [5.41, 5.74) is 1.49. The number of piperazine rings is 1. The Hall–Kier alpha value is -3.22. The van der Waals surface area contributed by atoms with Crippen molar-refractivity contribution in [2.24, 2.45) is 5.92 Å². The molecular formula is C24H30N2O5. The maximum absolute atomic E-state index is 12.5. The molecule has 0 aromatic heterocycles. The van der Waals surface area contributed by atoms with Gasteiger partial charge in [-0.05, 0) is 54.4 Å². The number of hydrogen-bond donors (Lipinski definition) is 0. The van der Waals surface area contributed by atoms with Gasteiger partial charge in [-0.25, -0.2) is 4.79 Å². The lowest BCUT2D eigenvalue weighted by molar-refractivity contribution is -0.134. The predicted molar refractivity (Wildman–Crippen MR) is 119 cm³/mol. The highest BCUT2D eigenvalue weighted by Gasteiger charge is 2.22. The van der Waals surface area contributed by atoms with Gasteiger partial charge in [-0.1, -0.05) is 13.8 Å². The van der Waals surface area contributed by atoms with Gasteiger partial charge in [-0.15, -0.1) is 0 Å². The predicted octanol–water partition coefficient (Wildman–Crippen LogP) is 3.24. The van der Waals surface area contributed by atoms with Crippen LogP contribution in [-0.2, 0) is 9.53 Å². The van der Waals surface area contributed by atoms with Gasteiger partial charge in [0.25, 0.3) is 5.91 Å². The number of benzene rings is 2. The van der Waals surface area contributed by atoms with Crippen LogP contribution in [0.25, 0.3) is 0 Å². The number of nitrogens with zero attached hydrogens (tertiary/aromatic N) is 2. The lowest BCUT2D eigenvalue weighted by atomic mass is 10.2. The average Bonchev–Trinajstić information content (AvgIpc) is 2.81.